The second-order valence-electron chi connectivity index (χ2n) is 4.76. The van der Waals surface area contributed by atoms with E-state index in [0.717, 1.165) is 29.4 Å². The second-order valence-corrected chi connectivity index (χ2v) is 5.68. The van der Waals surface area contributed by atoms with Crippen molar-refractivity contribution in [2.75, 3.05) is 6.54 Å². The van der Waals surface area contributed by atoms with Crippen LogP contribution in [0.4, 0.5) is 0 Å². The molecule has 1 aromatic rings. The first-order chi connectivity index (χ1) is 8.66. The molecule has 96 valence electrons. The van der Waals surface area contributed by atoms with Crippen molar-refractivity contribution in [2.24, 2.45) is 0 Å². The number of hydrogen-bond acceptors (Lipinski definition) is 1. The highest BCUT2D eigenvalue weighted by Gasteiger charge is 2.20. The standard InChI is InChI=1S/C15H18BrNO/c1-12-4-2-3-11-17(12)15(18)10-7-13-5-8-14(16)9-6-13/h5-10,12H,2-4,11H2,1H3/b10-7+/t12-/m0/s1. The van der Waals surface area contributed by atoms with Crippen molar-refractivity contribution in [3.63, 3.8) is 0 Å². The maximum absolute atomic E-state index is 12.1. The van der Waals surface area contributed by atoms with E-state index < -0.39 is 0 Å². The first-order valence-corrected chi connectivity index (χ1v) is 7.20. The van der Waals surface area contributed by atoms with Crippen LogP contribution in [0.15, 0.2) is 34.8 Å². The number of hydrogen-bond donors (Lipinski definition) is 0. The smallest absolute Gasteiger partial charge is 0.246 e. The lowest BCUT2D eigenvalue weighted by molar-refractivity contribution is -0.129. The van der Waals surface area contributed by atoms with Gasteiger partial charge in [0.25, 0.3) is 0 Å². The molecule has 0 N–H and O–H groups in total. The average molecular weight is 308 g/mol. The Morgan fingerprint density at radius 3 is 2.72 bits per heavy atom. The molecule has 0 unspecified atom stereocenters. The molecule has 2 rings (SSSR count). The van der Waals surface area contributed by atoms with Gasteiger partial charge in [-0.05, 0) is 50.0 Å². The van der Waals surface area contributed by atoms with E-state index in [-0.39, 0.29) is 5.91 Å². The molecule has 18 heavy (non-hydrogen) atoms. The molecule has 0 saturated carbocycles. The molecule has 0 spiro atoms. The molecule has 1 aromatic carbocycles. The van der Waals surface area contributed by atoms with Crippen LogP contribution in [0, 0.1) is 0 Å². The van der Waals surface area contributed by atoms with Crippen molar-refractivity contribution >= 4 is 27.9 Å². The Morgan fingerprint density at radius 1 is 1.33 bits per heavy atom. The minimum Gasteiger partial charge on any atom is -0.336 e. The summed E-state index contributed by atoms with van der Waals surface area (Å²) in [5, 5.41) is 0. The highest BCUT2D eigenvalue weighted by atomic mass is 79.9. The number of carbonyl (C=O) groups is 1. The zero-order chi connectivity index (χ0) is 13.0. The predicted molar refractivity (Wildman–Crippen MR) is 78.2 cm³/mol. The largest absolute Gasteiger partial charge is 0.336 e. The fourth-order valence-electron chi connectivity index (χ4n) is 2.26. The summed E-state index contributed by atoms with van der Waals surface area (Å²) < 4.78 is 1.05. The summed E-state index contributed by atoms with van der Waals surface area (Å²) in [5.74, 6) is 0.130. The molecule has 1 aliphatic rings. The number of carbonyl (C=O) groups excluding carboxylic acids is 1. The number of amides is 1. The first-order valence-electron chi connectivity index (χ1n) is 6.41. The lowest BCUT2D eigenvalue weighted by atomic mass is 10.0. The number of rotatable bonds is 2. The van der Waals surface area contributed by atoms with E-state index in [4.69, 9.17) is 0 Å². The number of nitrogens with zero attached hydrogens (tertiary/aromatic N) is 1. The van der Waals surface area contributed by atoms with E-state index in [1.807, 2.05) is 35.2 Å². The van der Waals surface area contributed by atoms with Crippen LogP contribution in [-0.2, 0) is 4.79 Å². The Balaban J connectivity index is 1.99. The molecule has 1 aliphatic heterocycles. The van der Waals surface area contributed by atoms with E-state index in [1.165, 1.54) is 6.42 Å². The molecule has 0 aromatic heterocycles. The quantitative estimate of drug-likeness (QED) is 0.760. The normalized spacial score (nSPS) is 20.3. The van der Waals surface area contributed by atoms with Gasteiger partial charge in [0.2, 0.25) is 5.91 Å². The number of piperidine rings is 1. The Bertz CT molecular complexity index is 438. The van der Waals surface area contributed by atoms with Gasteiger partial charge < -0.3 is 4.90 Å². The molecule has 1 heterocycles. The highest BCUT2D eigenvalue weighted by Crippen LogP contribution is 2.17. The van der Waals surface area contributed by atoms with Gasteiger partial charge in [0, 0.05) is 23.1 Å². The average Bonchev–Trinajstić information content (AvgIpc) is 2.38. The minimum absolute atomic E-state index is 0.130. The number of likely N-dealkylation sites (tertiary alicyclic amines) is 1. The van der Waals surface area contributed by atoms with Crippen molar-refractivity contribution in [3.8, 4) is 0 Å². The van der Waals surface area contributed by atoms with Gasteiger partial charge in [-0.15, -0.1) is 0 Å². The van der Waals surface area contributed by atoms with Crippen LogP contribution in [-0.4, -0.2) is 23.4 Å². The van der Waals surface area contributed by atoms with Gasteiger partial charge in [0.15, 0.2) is 0 Å². The van der Waals surface area contributed by atoms with E-state index in [0.29, 0.717) is 6.04 Å². The molecule has 0 bridgehead atoms. The summed E-state index contributed by atoms with van der Waals surface area (Å²) in [4.78, 5) is 14.0. The number of halogens is 1. The summed E-state index contributed by atoms with van der Waals surface area (Å²) in [5.41, 5.74) is 1.05. The third kappa shape index (κ3) is 3.45. The fraction of sp³-hybridized carbons (Fsp3) is 0.400. The van der Waals surface area contributed by atoms with Crippen LogP contribution < -0.4 is 0 Å². The molecule has 1 saturated heterocycles. The molecule has 3 heteroatoms. The maximum atomic E-state index is 12.1. The van der Waals surface area contributed by atoms with Gasteiger partial charge in [-0.2, -0.15) is 0 Å². The third-order valence-electron chi connectivity index (χ3n) is 3.37. The molecule has 1 amide bonds. The Hall–Kier alpha value is -1.09. The second kappa shape index (κ2) is 6.19. The molecule has 0 aliphatic carbocycles. The van der Waals surface area contributed by atoms with Crippen molar-refractivity contribution in [1.29, 1.82) is 0 Å². The molecule has 0 radical (unpaired) electrons. The van der Waals surface area contributed by atoms with Gasteiger partial charge >= 0.3 is 0 Å². The van der Waals surface area contributed by atoms with Crippen molar-refractivity contribution in [3.05, 3.63) is 40.4 Å². The Kier molecular flexibility index (Phi) is 4.59. The van der Waals surface area contributed by atoms with E-state index in [2.05, 4.69) is 22.9 Å². The van der Waals surface area contributed by atoms with Gasteiger partial charge in [-0.1, -0.05) is 28.1 Å². The summed E-state index contributed by atoms with van der Waals surface area (Å²) in [6.07, 6.45) is 7.06. The van der Waals surface area contributed by atoms with Crippen LogP contribution in [0.25, 0.3) is 6.08 Å². The van der Waals surface area contributed by atoms with E-state index in [1.54, 1.807) is 6.08 Å². The van der Waals surface area contributed by atoms with Crippen molar-refractivity contribution in [1.82, 2.24) is 4.90 Å². The van der Waals surface area contributed by atoms with Crippen LogP contribution in [0.5, 0.6) is 0 Å². The van der Waals surface area contributed by atoms with Crippen LogP contribution in [0.2, 0.25) is 0 Å². The molecule has 2 nitrogen and oxygen atoms in total. The van der Waals surface area contributed by atoms with Gasteiger partial charge in [-0.25, -0.2) is 0 Å². The lowest BCUT2D eigenvalue weighted by Gasteiger charge is -2.32. The predicted octanol–water partition coefficient (Wildman–Crippen LogP) is 3.86. The van der Waals surface area contributed by atoms with Crippen LogP contribution in [0.3, 0.4) is 0 Å². The van der Waals surface area contributed by atoms with E-state index >= 15 is 0 Å². The summed E-state index contributed by atoms with van der Waals surface area (Å²) >= 11 is 3.40. The minimum atomic E-state index is 0.130. The molecular formula is C15H18BrNO. The third-order valence-corrected chi connectivity index (χ3v) is 3.90. The maximum Gasteiger partial charge on any atom is 0.246 e. The molecular weight excluding hydrogens is 290 g/mol. The van der Waals surface area contributed by atoms with Gasteiger partial charge in [-0.3, -0.25) is 4.79 Å². The topological polar surface area (TPSA) is 20.3 Å². The fourth-order valence-corrected chi connectivity index (χ4v) is 2.53. The van der Waals surface area contributed by atoms with Gasteiger partial charge in [0.05, 0.1) is 0 Å². The van der Waals surface area contributed by atoms with Crippen molar-refractivity contribution in [2.45, 2.75) is 32.2 Å². The zero-order valence-electron chi connectivity index (χ0n) is 10.6. The van der Waals surface area contributed by atoms with E-state index in [9.17, 15) is 4.79 Å². The first kappa shape index (κ1) is 13.3. The van der Waals surface area contributed by atoms with Crippen LogP contribution >= 0.6 is 15.9 Å². The Labute approximate surface area is 117 Å². The Morgan fingerprint density at radius 2 is 2.06 bits per heavy atom. The molecule has 1 atom stereocenters. The summed E-state index contributed by atoms with van der Waals surface area (Å²) in [6.45, 7) is 3.02. The van der Waals surface area contributed by atoms with Crippen LogP contribution in [0.1, 0.15) is 31.7 Å². The lowest BCUT2D eigenvalue weighted by Crippen LogP contribution is -2.41. The summed E-state index contributed by atoms with van der Waals surface area (Å²) in [7, 11) is 0. The number of benzene rings is 1. The summed E-state index contributed by atoms with van der Waals surface area (Å²) in [6, 6.07) is 8.32. The molecule has 1 fully saturated rings. The monoisotopic (exact) mass is 307 g/mol. The van der Waals surface area contributed by atoms with Crippen molar-refractivity contribution < 1.29 is 4.79 Å². The highest BCUT2D eigenvalue weighted by molar-refractivity contribution is 9.10. The van der Waals surface area contributed by atoms with Gasteiger partial charge in [0.1, 0.15) is 0 Å². The SMILES string of the molecule is C[C@H]1CCCCN1C(=O)/C=C/c1ccc(Br)cc1. The zero-order valence-corrected chi connectivity index (χ0v) is 12.2.